The molecule has 10 nitrogen and oxygen atoms in total. The molecular weight excluding hydrogens is 591 g/mol. The number of urea groups is 1. The lowest BCUT2D eigenvalue weighted by Gasteiger charge is -2.50. The van der Waals surface area contributed by atoms with Gasteiger partial charge < -0.3 is 29.9 Å². The molecular formula is C28H31Cl2F2N7O3. The highest BCUT2D eigenvalue weighted by molar-refractivity contribution is 6.41. The third-order valence-corrected chi connectivity index (χ3v) is 8.40. The number of nitrogens with zero attached hydrogens (tertiary/aromatic N) is 5. The van der Waals surface area contributed by atoms with Crippen molar-refractivity contribution in [2.24, 2.45) is 11.8 Å². The largest absolute Gasteiger partial charge is 0.495 e. The van der Waals surface area contributed by atoms with Crippen LogP contribution < -0.4 is 29.9 Å². The molecule has 2 aliphatic rings. The number of amides is 2. The van der Waals surface area contributed by atoms with Crippen LogP contribution in [0.1, 0.15) is 0 Å². The molecule has 0 radical (unpaired) electrons. The lowest BCUT2D eigenvalue weighted by atomic mass is 9.80. The van der Waals surface area contributed by atoms with Crippen molar-refractivity contribution >= 4 is 57.9 Å². The highest BCUT2D eigenvalue weighted by atomic mass is 35.5. The molecule has 2 aliphatic heterocycles. The minimum atomic E-state index is -2.64. The van der Waals surface area contributed by atoms with Gasteiger partial charge in [0.15, 0.2) is 0 Å². The van der Waals surface area contributed by atoms with E-state index < -0.39 is 23.8 Å². The van der Waals surface area contributed by atoms with E-state index in [1.807, 2.05) is 41.1 Å². The highest BCUT2D eigenvalue weighted by Crippen LogP contribution is 2.45. The number of alkyl halides is 2. The van der Waals surface area contributed by atoms with Crippen molar-refractivity contribution in [2.75, 3.05) is 74.9 Å². The second-order valence-electron chi connectivity index (χ2n) is 10.4. The first-order valence-corrected chi connectivity index (χ1v) is 13.9. The Hall–Kier alpha value is -3.61. The summed E-state index contributed by atoms with van der Waals surface area (Å²) in [7, 11) is 6.31. The number of likely N-dealkylation sites (tertiary alicyclic amines) is 1. The molecule has 224 valence electrons. The molecule has 3 heterocycles. The number of halogens is 4. The molecule has 2 N–H and O–H groups in total. The molecule has 2 bridgehead atoms. The van der Waals surface area contributed by atoms with Crippen LogP contribution >= 0.6 is 23.2 Å². The van der Waals surface area contributed by atoms with Gasteiger partial charge in [0, 0.05) is 56.7 Å². The zero-order chi connectivity index (χ0) is 30.2. The van der Waals surface area contributed by atoms with Crippen molar-refractivity contribution < 1.29 is 23.0 Å². The quantitative estimate of drug-likeness (QED) is 0.339. The van der Waals surface area contributed by atoms with Crippen molar-refractivity contribution in [2.45, 2.75) is 5.92 Å². The van der Waals surface area contributed by atoms with E-state index in [1.165, 1.54) is 38.6 Å². The van der Waals surface area contributed by atoms with Crippen LogP contribution in [0.15, 0.2) is 42.7 Å². The summed E-state index contributed by atoms with van der Waals surface area (Å²) in [4.78, 5) is 26.8. The number of fused-ring (bicyclic) bond motifs is 2. The van der Waals surface area contributed by atoms with Crippen LogP contribution in [-0.4, -0.2) is 81.3 Å². The molecule has 14 heteroatoms. The Morgan fingerprint density at radius 1 is 1.00 bits per heavy atom. The van der Waals surface area contributed by atoms with Crippen LogP contribution in [0.25, 0.3) is 0 Å². The summed E-state index contributed by atoms with van der Waals surface area (Å²) < 4.78 is 39.9. The monoisotopic (exact) mass is 621 g/mol. The maximum absolute atomic E-state index is 14.7. The zero-order valence-corrected chi connectivity index (χ0v) is 25.0. The topological polar surface area (TPSA) is 95.1 Å². The first kappa shape index (κ1) is 29.9. The summed E-state index contributed by atoms with van der Waals surface area (Å²) in [6.07, 6.45) is 1.33. The van der Waals surface area contributed by atoms with Gasteiger partial charge in [-0.25, -0.2) is 23.5 Å². The van der Waals surface area contributed by atoms with Crippen LogP contribution in [0.5, 0.6) is 11.5 Å². The van der Waals surface area contributed by atoms with E-state index in [1.54, 1.807) is 6.07 Å². The van der Waals surface area contributed by atoms with Crippen molar-refractivity contribution in [3.8, 4) is 11.5 Å². The number of piperidine rings is 2. The fourth-order valence-electron chi connectivity index (χ4n) is 5.37. The minimum absolute atomic E-state index is 0.118. The van der Waals surface area contributed by atoms with E-state index >= 15 is 0 Å². The normalized spacial score (nSPS) is 19.7. The average molecular weight is 623 g/mol. The maximum atomic E-state index is 14.7. The van der Waals surface area contributed by atoms with E-state index in [9.17, 15) is 13.6 Å². The summed E-state index contributed by atoms with van der Waals surface area (Å²) >= 11 is 12.8. The Morgan fingerprint density at radius 2 is 1.60 bits per heavy atom. The number of aromatic nitrogens is 2. The van der Waals surface area contributed by atoms with E-state index in [0.29, 0.717) is 37.8 Å². The van der Waals surface area contributed by atoms with Gasteiger partial charge in [-0.15, -0.1) is 0 Å². The second-order valence-corrected chi connectivity index (χ2v) is 11.2. The minimum Gasteiger partial charge on any atom is -0.495 e. The molecule has 0 saturated carbocycles. The van der Waals surface area contributed by atoms with Crippen molar-refractivity contribution in [3.05, 3.63) is 52.8 Å². The molecule has 2 atom stereocenters. The van der Waals surface area contributed by atoms with Crippen LogP contribution in [-0.2, 0) is 0 Å². The fraction of sp³-hybridized carbons (Fsp3) is 0.393. The summed E-state index contributed by atoms with van der Waals surface area (Å²) in [5, 5.41) is 6.11. The van der Waals surface area contributed by atoms with Gasteiger partial charge in [-0.2, -0.15) is 0 Å². The molecule has 2 aromatic carbocycles. The summed E-state index contributed by atoms with van der Waals surface area (Å²) in [5.74, 6) is -2.72. The smallest absolute Gasteiger partial charge is 0.327 e. The fourth-order valence-corrected chi connectivity index (χ4v) is 5.97. The third-order valence-electron chi connectivity index (χ3n) is 7.65. The lowest BCUT2D eigenvalue weighted by Crippen LogP contribution is -2.63. The summed E-state index contributed by atoms with van der Waals surface area (Å²) in [6, 6.07) is 10.1. The molecule has 1 aromatic heterocycles. The molecule has 2 unspecified atom stereocenters. The van der Waals surface area contributed by atoms with E-state index in [-0.39, 0.29) is 27.2 Å². The van der Waals surface area contributed by atoms with Gasteiger partial charge in [-0.1, -0.05) is 23.2 Å². The average Bonchev–Trinajstić information content (AvgIpc) is 2.96. The number of rotatable bonds is 7. The third kappa shape index (κ3) is 5.83. The Labute approximate surface area is 252 Å². The molecule has 3 aromatic rings. The molecule has 5 rings (SSSR count). The summed E-state index contributed by atoms with van der Waals surface area (Å²) in [5.41, 5.74) is 1.76. The van der Waals surface area contributed by atoms with Gasteiger partial charge in [-0.3, -0.25) is 4.90 Å². The van der Waals surface area contributed by atoms with Crippen LogP contribution in [0, 0.1) is 11.8 Å². The number of carbonyl (C=O) groups is 1. The number of hydrogen-bond donors (Lipinski definition) is 2. The van der Waals surface area contributed by atoms with E-state index in [0.717, 1.165) is 11.4 Å². The molecule has 2 saturated heterocycles. The number of methoxy groups -OCH3 is 2. The Morgan fingerprint density at radius 3 is 2.17 bits per heavy atom. The van der Waals surface area contributed by atoms with Gasteiger partial charge in [0.2, 0.25) is 0 Å². The molecule has 0 aliphatic carbocycles. The van der Waals surface area contributed by atoms with Gasteiger partial charge >= 0.3 is 6.03 Å². The predicted octanol–water partition coefficient (Wildman–Crippen LogP) is 5.85. The second kappa shape index (κ2) is 11.9. The number of carbonyl (C=O) groups excluding carboxylic acids is 1. The van der Waals surface area contributed by atoms with Gasteiger partial charge in [-0.05, 0) is 31.3 Å². The van der Waals surface area contributed by atoms with E-state index in [2.05, 4.69) is 20.6 Å². The molecule has 2 fully saturated rings. The van der Waals surface area contributed by atoms with Crippen molar-refractivity contribution in [1.29, 1.82) is 0 Å². The molecule has 0 spiro atoms. The molecule has 42 heavy (non-hydrogen) atoms. The SMILES string of the molecule is COc1cc(OC)c(Cl)c(NC(=O)N(C)c2cc(Nc3ccc(N4CC5CN(C)CC(C4)C5(F)F)cc3)ncn2)c1Cl. The highest BCUT2D eigenvalue weighted by Gasteiger charge is 2.54. The lowest BCUT2D eigenvalue weighted by molar-refractivity contribution is -0.153. The van der Waals surface area contributed by atoms with E-state index in [4.69, 9.17) is 32.7 Å². The standard InChI is InChI=1S/C28H31Cl2F2N7O3/c1-37-11-16-13-39(14-17(12-37)28(16,31)32)19-7-5-18(6-8-19)35-22-10-23(34-15-33-22)38(2)27(40)36-26-24(29)20(41-3)9-21(42-4)25(26)30/h5-10,15-17H,11-14H2,1-4H3,(H,36,40)(H,33,34,35). The van der Waals surface area contributed by atoms with Crippen molar-refractivity contribution in [1.82, 2.24) is 14.9 Å². The van der Waals surface area contributed by atoms with Gasteiger partial charge in [0.05, 0.1) is 31.7 Å². The summed E-state index contributed by atoms with van der Waals surface area (Å²) in [6.45, 7) is 1.39. The first-order valence-electron chi connectivity index (χ1n) is 13.2. The van der Waals surface area contributed by atoms with Gasteiger partial charge in [0.25, 0.3) is 5.92 Å². The van der Waals surface area contributed by atoms with Crippen LogP contribution in [0.3, 0.4) is 0 Å². The number of anilines is 5. The van der Waals surface area contributed by atoms with Crippen molar-refractivity contribution in [3.63, 3.8) is 0 Å². The van der Waals surface area contributed by atoms with Gasteiger partial charge in [0.1, 0.15) is 39.5 Å². The Balaban J connectivity index is 1.26. The first-order chi connectivity index (χ1) is 20.0. The number of benzene rings is 2. The Bertz CT molecular complexity index is 1420. The zero-order valence-electron chi connectivity index (χ0n) is 23.5. The number of nitrogens with one attached hydrogen (secondary N) is 2. The predicted molar refractivity (Wildman–Crippen MR) is 160 cm³/mol. The van der Waals surface area contributed by atoms with Crippen LogP contribution in [0.4, 0.5) is 42.3 Å². The van der Waals surface area contributed by atoms with Crippen LogP contribution in [0.2, 0.25) is 10.0 Å². The number of ether oxygens (including phenoxy) is 2. The maximum Gasteiger partial charge on any atom is 0.327 e. The molecule has 2 amide bonds. The number of hydrogen-bond acceptors (Lipinski definition) is 8. The Kier molecular flexibility index (Phi) is 8.49.